The number of anilines is 1. The highest BCUT2D eigenvalue weighted by molar-refractivity contribution is 7.73. The van der Waals surface area contributed by atoms with Crippen molar-refractivity contribution < 1.29 is 4.74 Å². The van der Waals surface area contributed by atoms with Crippen molar-refractivity contribution in [2.45, 2.75) is 20.8 Å². The molecular weight excluding hydrogens is 477 g/mol. The van der Waals surface area contributed by atoms with Gasteiger partial charge in [-0.3, -0.25) is 0 Å². The number of aromatic nitrogens is 1. The summed E-state index contributed by atoms with van der Waals surface area (Å²) in [5.41, 5.74) is 7.99. The fraction of sp³-hybridized carbons (Fsp3) is 0.233. The van der Waals surface area contributed by atoms with Gasteiger partial charge in [0, 0.05) is 35.7 Å². The molecule has 2 aliphatic rings. The number of hydrogen-bond acceptors (Lipinski definition) is 3. The Morgan fingerprint density at radius 3 is 2.08 bits per heavy atom. The first-order valence-corrected chi connectivity index (χ1v) is 14.4. The number of aryl methyl sites for hydroxylation is 1. The van der Waals surface area contributed by atoms with Gasteiger partial charge in [0.05, 0.1) is 36.1 Å². The zero-order valence-electron chi connectivity index (χ0n) is 21.6. The molecule has 1 atom stereocenters. The van der Waals surface area contributed by atoms with Gasteiger partial charge in [-0.15, -0.1) is 0 Å². The molecule has 0 bridgehead atoms. The van der Waals surface area contributed by atoms with Crippen molar-refractivity contribution in [3.63, 3.8) is 0 Å². The highest BCUT2D eigenvalue weighted by Gasteiger charge is 2.44. The minimum absolute atomic E-state index is 0.685. The highest BCUT2D eigenvalue weighted by atomic mass is 31.2. The maximum Gasteiger partial charge on any atom is 0.179 e. The number of nitrogens with zero attached hydrogens (tertiary/aromatic N) is 5. The van der Waals surface area contributed by atoms with Gasteiger partial charge in [-0.25, -0.2) is 14.2 Å². The predicted molar refractivity (Wildman–Crippen MR) is 154 cm³/mol. The second-order valence-corrected chi connectivity index (χ2v) is 12.3. The third-order valence-corrected chi connectivity index (χ3v) is 10.9. The van der Waals surface area contributed by atoms with Crippen LogP contribution in [0.4, 0.5) is 11.4 Å². The number of para-hydroxylation sites is 1. The second-order valence-electron chi connectivity index (χ2n) is 9.54. The third-order valence-electron chi connectivity index (χ3n) is 7.19. The normalized spacial score (nSPS) is 19.6. The van der Waals surface area contributed by atoms with Gasteiger partial charge in [0.15, 0.2) is 7.36 Å². The van der Waals surface area contributed by atoms with Crippen LogP contribution in [0.15, 0.2) is 94.8 Å². The Morgan fingerprint density at radius 1 is 0.757 bits per heavy atom. The monoisotopic (exact) mass is 509 g/mol. The van der Waals surface area contributed by atoms with Crippen LogP contribution < -0.4 is 10.1 Å². The molecule has 0 unspecified atom stereocenters. The lowest BCUT2D eigenvalue weighted by Gasteiger charge is -2.45. The molecule has 3 heterocycles. The van der Waals surface area contributed by atoms with Gasteiger partial charge in [-0.2, -0.15) is 5.10 Å². The van der Waals surface area contributed by atoms with Crippen molar-refractivity contribution in [1.82, 2.24) is 9.24 Å². The molecule has 0 amide bonds. The Kier molecular flexibility index (Phi) is 6.33. The Morgan fingerprint density at radius 2 is 1.41 bits per heavy atom. The first-order chi connectivity index (χ1) is 18.1. The summed E-state index contributed by atoms with van der Waals surface area (Å²) in [5.74, 6) is 0. The standard InChI is InChI=1S/C30H32N5OP/c1-23-14-16-27(17-15-23)34-24(2)29-22-31-35(28-12-8-5-9-13-28)37(30(29)25(34)3,33-18-20-36-21-19-33)32-26-10-6-4-7-11-26/h4-17,22H,18-21H2,1-3H3/t37-/m1/s1. The second kappa shape index (κ2) is 9.79. The maximum atomic E-state index is 5.83. The largest absolute Gasteiger partial charge is 0.379 e. The van der Waals surface area contributed by atoms with Crippen molar-refractivity contribution in [3.05, 3.63) is 107 Å². The van der Waals surface area contributed by atoms with E-state index in [1.165, 1.54) is 27.8 Å². The average Bonchev–Trinajstić information content (AvgIpc) is 3.21. The number of hydrazone groups is 1. The fourth-order valence-electron chi connectivity index (χ4n) is 5.43. The minimum atomic E-state index is -2.59. The van der Waals surface area contributed by atoms with E-state index in [0.29, 0.717) is 13.2 Å². The third kappa shape index (κ3) is 4.06. The van der Waals surface area contributed by atoms with E-state index in [0.717, 1.165) is 30.2 Å². The molecule has 0 N–H and O–H groups in total. The lowest BCUT2D eigenvalue weighted by atomic mass is 10.2. The van der Waals surface area contributed by atoms with Gasteiger partial charge in [0.25, 0.3) is 0 Å². The molecule has 188 valence electrons. The molecule has 2 aliphatic heterocycles. The summed E-state index contributed by atoms with van der Waals surface area (Å²) in [6.07, 6.45) is 2.04. The van der Waals surface area contributed by atoms with Crippen molar-refractivity contribution in [2.75, 3.05) is 31.1 Å². The summed E-state index contributed by atoms with van der Waals surface area (Å²) in [6.45, 7) is 9.54. The fourth-order valence-corrected chi connectivity index (χ4v) is 9.36. The van der Waals surface area contributed by atoms with E-state index < -0.39 is 7.36 Å². The molecule has 1 aromatic heterocycles. The Hall–Kier alpha value is -3.44. The number of ether oxygens (including phenoxy) is 1. The van der Waals surface area contributed by atoms with Gasteiger partial charge in [-0.1, -0.05) is 54.1 Å². The van der Waals surface area contributed by atoms with Crippen LogP contribution in [0.25, 0.3) is 5.69 Å². The van der Waals surface area contributed by atoms with Crippen molar-refractivity contribution >= 4 is 30.2 Å². The lowest BCUT2D eigenvalue weighted by molar-refractivity contribution is 0.0744. The van der Waals surface area contributed by atoms with Gasteiger partial charge < -0.3 is 9.30 Å². The maximum absolute atomic E-state index is 5.83. The summed E-state index contributed by atoms with van der Waals surface area (Å²) in [6, 6.07) is 29.6. The summed E-state index contributed by atoms with van der Waals surface area (Å²) >= 11 is 0. The summed E-state index contributed by atoms with van der Waals surface area (Å²) in [7, 11) is -2.59. The lowest BCUT2D eigenvalue weighted by Crippen LogP contribution is -2.44. The van der Waals surface area contributed by atoms with E-state index in [9.17, 15) is 0 Å². The SMILES string of the molecule is Cc1ccc(-n2c(C)c3c(c2C)[P@@](=Nc2ccccc2)(N2CCOCC2)N(c2ccccc2)N=C3)cc1. The molecule has 37 heavy (non-hydrogen) atoms. The van der Waals surface area contributed by atoms with E-state index in [1.54, 1.807) is 0 Å². The van der Waals surface area contributed by atoms with Crippen LogP contribution in [0, 0.1) is 20.8 Å². The number of rotatable bonds is 4. The number of hydrogen-bond donors (Lipinski definition) is 0. The molecule has 4 aromatic rings. The van der Waals surface area contributed by atoms with Crippen molar-refractivity contribution in [1.29, 1.82) is 0 Å². The zero-order valence-corrected chi connectivity index (χ0v) is 22.5. The topological polar surface area (TPSA) is 45.4 Å². The van der Waals surface area contributed by atoms with Gasteiger partial charge in [-0.05, 0) is 57.2 Å². The average molecular weight is 510 g/mol. The van der Waals surface area contributed by atoms with Crippen LogP contribution >= 0.6 is 7.36 Å². The zero-order chi connectivity index (χ0) is 25.4. The smallest absolute Gasteiger partial charge is 0.179 e. The van der Waals surface area contributed by atoms with Crippen LogP contribution in [-0.4, -0.2) is 41.8 Å². The van der Waals surface area contributed by atoms with Gasteiger partial charge >= 0.3 is 0 Å². The van der Waals surface area contributed by atoms with Crippen molar-refractivity contribution in [3.8, 4) is 5.69 Å². The molecule has 1 saturated heterocycles. The molecule has 1 fully saturated rings. The molecule has 0 aliphatic carbocycles. The first-order valence-electron chi connectivity index (χ1n) is 12.8. The van der Waals surface area contributed by atoms with Crippen LogP contribution in [0.3, 0.4) is 0 Å². The van der Waals surface area contributed by atoms with E-state index in [-0.39, 0.29) is 0 Å². The minimum Gasteiger partial charge on any atom is -0.379 e. The van der Waals surface area contributed by atoms with E-state index in [4.69, 9.17) is 14.6 Å². The van der Waals surface area contributed by atoms with E-state index >= 15 is 0 Å². The molecule has 6 rings (SSSR count). The van der Waals surface area contributed by atoms with Gasteiger partial charge in [0.2, 0.25) is 0 Å². The predicted octanol–water partition coefficient (Wildman–Crippen LogP) is 6.58. The summed E-state index contributed by atoms with van der Waals surface area (Å²) in [5, 5.41) is 6.43. The number of fused-ring (bicyclic) bond motifs is 1. The highest BCUT2D eigenvalue weighted by Crippen LogP contribution is 2.62. The molecule has 0 saturated carbocycles. The molecular formula is C30H32N5OP. The van der Waals surface area contributed by atoms with Crippen molar-refractivity contribution in [2.24, 2.45) is 9.85 Å². The number of benzene rings is 3. The van der Waals surface area contributed by atoms with E-state index in [2.05, 4.69) is 114 Å². The van der Waals surface area contributed by atoms with Crippen LogP contribution in [0.5, 0.6) is 0 Å². The van der Waals surface area contributed by atoms with Crippen LogP contribution in [0.1, 0.15) is 22.5 Å². The number of morpholine rings is 1. The molecule has 0 radical (unpaired) electrons. The Labute approximate surface area is 219 Å². The Balaban J connectivity index is 1.70. The molecule has 3 aromatic carbocycles. The van der Waals surface area contributed by atoms with E-state index in [1.807, 2.05) is 12.3 Å². The first kappa shape index (κ1) is 23.9. The Bertz CT molecular complexity index is 1490. The molecule has 7 heteroatoms. The van der Waals surface area contributed by atoms with Crippen LogP contribution in [-0.2, 0) is 4.74 Å². The van der Waals surface area contributed by atoms with Gasteiger partial charge in [0.1, 0.15) is 0 Å². The molecule has 0 spiro atoms. The summed E-state index contributed by atoms with van der Waals surface area (Å²) < 4.78 is 18.6. The summed E-state index contributed by atoms with van der Waals surface area (Å²) in [4.78, 5) is 0. The molecule has 6 nitrogen and oxygen atoms in total. The quantitative estimate of drug-likeness (QED) is 0.292. The van der Waals surface area contributed by atoms with Crippen LogP contribution in [0.2, 0.25) is 0 Å².